The summed E-state index contributed by atoms with van der Waals surface area (Å²) in [6, 6.07) is 16.7. The van der Waals surface area contributed by atoms with Crippen LogP contribution in [-0.2, 0) is 9.59 Å². The molecule has 0 aliphatic carbocycles. The molecule has 3 aromatic rings. The number of aliphatic imine (C=N–C) groups is 1. The smallest absolute Gasteiger partial charge is 0.247 e. The number of nitrogens with zero attached hydrogens (tertiary/aromatic N) is 5. The molecule has 37 heavy (non-hydrogen) atoms. The van der Waals surface area contributed by atoms with Crippen LogP contribution in [0.15, 0.2) is 65.8 Å². The van der Waals surface area contributed by atoms with Gasteiger partial charge >= 0.3 is 0 Å². The van der Waals surface area contributed by atoms with Gasteiger partial charge in [-0.25, -0.2) is 9.67 Å². The zero-order valence-electron chi connectivity index (χ0n) is 20.3. The number of aromatic nitrogens is 2. The number of nitrogens with one attached hydrogen (secondary N) is 1. The third kappa shape index (κ3) is 3.81. The molecule has 1 spiro atoms. The molecule has 190 valence electrons. The molecule has 2 saturated heterocycles. The lowest BCUT2D eigenvalue weighted by Crippen LogP contribution is -2.58. The number of carbonyl (C=O) groups excluding carboxylic acids is 2. The molecule has 3 aliphatic heterocycles. The van der Waals surface area contributed by atoms with Gasteiger partial charge < -0.3 is 15.1 Å². The van der Waals surface area contributed by atoms with E-state index in [4.69, 9.17) is 23.2 Å². The van der Waals surface area contributed by atoms with Crippen molar-refractivity contribution in [3.8, 4) is 0 Å². The van der Waals surface area contributed by atoms with Gasteiger partial charge in [-0.15, -0.1) is 0 Å². The van der Waals surface area contributed by atoms with Crippen molar-refractivity contribution in [3.63, 3.8) is 0 Å². The first-order chi connectivity index (χ1) is 17.9. The predicted molar refractivity (Wildman–Crippen MR) is 144 cm³/mol. The molecule has 2 atom stereocenters. The van der Waals surface area contributed by atoms with E-state index in [0.29, 0.717) is 54.2 Å². The number of likely N-dealkylation sites (tertiary alicyclic amines) is 1. The minimum absolute atomic E-state index is 0.0173. The van der Waals surface area contributed by atoms with Crippen LogP contribution < -0.4 is 10.2 Å². The van der Waals surface area contributed by atoms with Crippen LogP contribution in [0.25, 0.3) is 0 Å². The highest BCUT2D eigenvalue weighted by atomic mass is 35.5. The second-order valence-electron chi connectivity index (χ2n) is 9.74. The molecule has 10 heteroatoms. The molecule has 2 fully saturated rings. The quantitative estimate of drug-likeness (QED) is 0.535. The van der Waals surface area contributed by atoms with E-state index < -0.39 is 17.5 Å². The summed E-state index contributed by atoms with van der Waals surface area (Å²) in [5.74, 6) is 0.0351. The summed E-state index contributed by atoms with van der Waals surface area (Å²) in [6.07, 6.45) is 2.75. The lowest BCUT2D eigenvalue weighted by Gasteiger charge is -2.44. The molecule has 2 unspecified atom stereocenters. The summed E-state index contributed by atoms with van der Waals surface area (Å²) in [5.41, 5.74) is 1.76. The van der Waals surface area contributed by atoms with Crippen molar-refractivity contribution < 1.29 is 9.59 Å². The van der Waals surface area contributed by atoms with E-state index >= 15 is 0 Å². The molecule has 1 N–H and O–H groups in total. The van der Waals surface area contributed by atoms with Gasteiger partial charge in [0.15, 0.2) is 5.82 Å². The first-order valence-corrected chi connectivity index (χ1v) is 13.1. The first kappa shape index (κ1) is 24.0. The maximum Gasteiger partial charge on any atom is 0.247 e. The summed E-state index contributed by atoms with van der Waals surface area (Å²) in [4.78, 5) is 35.9. The first-order valence-electron chi connectivity index (χ1n) is 12.3. The number of benzene rings is 2. The average molecular weight is 537 g/mol. The van der Waals surface area contributed by atoms with Crippen LogP contribution in [0.5, 0.6) is 0 Å². The van der Waals surface area contributed by atoms with E-state index in [9.17, 15) is 9.59 Å². The van der Waals surface area contributed by atoms with Gasteiger partial charge in [-0.2, -0.15) is 5.10 Å². The van der Waals surface area contributed by atoms with Crippen LogP contribution in [0.4, 0.5) is 11.5 Å². The molecule has 2 amide bonds. The second kappa shape index (κ2) is 9.19. The number of piperidine rings is 1. The van der Waals surface area contributed by atoms with Crippen LogP contribution in [0.1, 0.15) is 31.4 Å². The van der Waals surface area contributed by atoms with Gasteiger partial charge in [-0.3, -0.25) is 9.59 Å². The van der Waals surface area contributed by atoms with E-state index in [0.717, 1.165) is 11.3 Å². The Morgan fingerprint density at radius 3 is 2.57 bits per heavy atom. The van der Waals surface area contributed by atoms with E-state index in [1.165, 1.54) is 0 Å². The van der Waals surface area contributed by atoms with Gasteiger partial charge in [0.2, 0.25) is 11.8 Å². The highest BCUT2D eigenvalue weighted by Crippen LogP contribution is 2.42. The fourth-order valence-electron chi connectivity index (χ4n) is 5.93. The van der Waals surface area contributed by atoms with Crippen molar-refractivity contribution in [2.45, 2.75) is 31.3 Å². The number of para-hydroxylation sites is 1. The minimum atomic E-state index is -0.668. The highest BCUT2D eigenvalue weighted by molar-refractivity contribution is 6.42. The molecule has 0 radical (unpaired) electrons. The normalized spacial score (nSPS) is 22.6. The number of hydrogen-bond donors (Lipinski definition) is 1. The SMILES string of the molecule is CC1=Nc2ccnn2C(c2cccc(Cl)c2Cl)C1C(=O)N1CCC2(CC1)C(=O)NCN2c1ccccc1. The van der Waals surface area contributed by atoms with Crippen molar-refractivity contribution in [2.24, 2.45) is 10.9 Å². The standard InChI is InChI=1S/C27H26Cl2N6O2/c1-17-22(24(35-21(32-17)10-13-31-35)19-8-5-9-20(28)23(19)29)25(36)33-14-11-27(12-15-33)26(37)30-16-34(27)18-6-3-2-4-7-18/h2-10,13,22,24H,11-12,14-16H2,1H3,(H,30,37). The maximum atomic E-state index is 14.1. The zero-order valence-corrected chi connectivity index (χ0v) is 21.8. The van der Waals surface area contributed by atoms with Crippen LogP contribution in [0.2, 0.25) is 10.0 Å². The van der Waals surface area contributed by atoms with E-state index in [2.05, 4.69) is 20.3 Å². The van der Waals surface area contributed by atoms with Gasteiger partial charge in [0.1, 0.15) is 11.5 Å². The zero-order chi connectivity index (χ0) is 25.7. The molecule has 4 heterocycles. The molecule has 8 nitrogen and oxygen atoms in total. The van der Waals surface area contributed by atoms with Gasteiger partial charge in [0, 0.05) is 30.6 Å². The Labute approximate surface area is 224 Å². The number of rotatable bonds is 3. The number of anilines is 1. The Hall–Kier alpha value is -3.36. The minimum Gasteiger partial charge on any atom is -0.342 e. The lowest BCUT2D eigenvalue weighted by atomic mass is 9.83. The molecule has 0 saturated carbocycles. The Morgan fingerprint density at radius 1 is 1.05 bits per heavy atom. The molecule has 2 aromatic carbocycles. The van der Waals surface area contributed by atoms with Gasteiger partial charge in [-0.1, -0.05) is 53.5 Å². The van der Waals surface area contributed by atoms with Crippen molar-refractivity contribution in [1.82, 2.24) is 20.0 Å². The van der Waals surface area contributed by atoms with Crippen molar-refractivity contribution in [1.29, 1.82) is 0 Å². The Balaban J connectivity index is 1.30. The molecule has 1 aromatic heterocycles. The fourth-order valence-corrected chi connectivity index (χ4v) is 6.35. The summed E-state index contributed by atoms with van der Waals surface area (Å²) in [7, 11) is 0. The fraction of sp³-hybridized carbons (Fsp3) is 0.333. The van der Waals surface area contributed by atoms with E-state index in [1.54, 1.807) is 16.9 Å². The molecular formula is C27H26Cl2N6O2. The van der Waals surface area contributed by atoms with Crippen LogP contribution >= 0.6 is 23.2 Å². The summed E-state index contributed by atoms with van der Waals surface area (Å²) in [6.45, 7) is 3.25. The topological polar surface area (TPSA) is 82.8 Å². The Morgan fingerprint density at radius 2 is 1.81 bits per heavy atom. The molecular weight excluding hydrogens is 511 g/mol. The van der Waals surface area contributed by atoms with Gasteiger partial charge in [-0.05, 0) is 43.5 Å². The third-order valence-electron chi connectivity index (χ3n) is 7.84. The average Bonchev–Trinajstić information content (AvgIpc) is 3.50. The number of carbonyl (C=O) groups is 2. The van der Waals surface area contributed by atoms with Crippen LogP contribution in [0.3, 0.4) is 0 Å². The Kier molecular flexibility index (Phi) is 5.96. The van der Waals surface area contributed by atoms with Crippen LogP contribution in [0, 0.1) is 5.92 Å². The van der Waals surface area contributed by atoms with Gasteiger partial charge in [0.05, 0.1) is 29.0 Å². The predicted octanol–water partition coefficient (Wildman–Crippen LogP) is 4.46. The van der Waals surface area contributed by atoms with Gasteiger partial charge in [0.25, 0.3) is 0 Å². The summed E-state index contributed by atoms with van der Waals surface area (Å²) in [5, 5.41) is 8.33. The van der Waals surface area contributed by atoms with E-state index in [1.807, 2.05) is 60.4 Å². The molecule has 3 aliphatic rings. The summed E-state index contributed by atoms with van der Waals surface area (Å²) >= 11 is 13.0. The van der Waals surface area contributed by atoms with Crippen molar-refractivity contribution in [2.75, 3.05) is 24.7 Å². The summed E-state index contributed by atoms with van der Waals surface area (Å²) < 4.78 is 1.75. The van der Waals surface area contributed by atoms with Crippen LogP contribution in [-0.4, -0.2) is 57.5 Å². The number of amides is 2. The third-order valence-corrected chi connectivity index (χ3v) is 8.68. The lowest BCUT2D eigenvalue weighted by molar-refractivity contribution is -0.138. The second-order valence-corrected chi connectivity index (χ2v) is 10.5. The van der Waals surface area contributed by atoms with E-state index in [-0.39, 0.29) is 11.8 Å². The van der Waals surface area contributed by atoms with Crippen molar-refractivity contribution >= 4 is 52.2 Å². The largest absolute Gasteiger partial charge is 0.342 e. The highest BCUT2D eigenvalue weighted by Gasteiger charge is 2.52. The number of fused-ring (bicyclic) bond motifs is 1. The van der Waals surface area contributed by atoms with Crippen molar-refractivity contribution in [3.05, 3.63) is 76.4 Å². The Bertz CT molecular complexity index is 1400. The molecule has 6 rings (SSSR count). The number of halogens is 2. The molecule has 0 bridgehead atoms. The number of hydrogen-bond acceptors (Lipinski definition) is 5. The maximum absolute atomic E-state index is 14.1. The monoisotopic (exact) mass is 536 g/mol.